The monoisotopic (exact) mass is 184 g/mol. The first-order valence-electron chi connectivity index (χ1n) is 3.69. The fourth-order valence-corrected chi connectivity index (χ4v) is 5.16. The van der Waals surface area contributed by atoms with Gasteiger partial charge in [-0.15, -0.1) is 19.7 Å². The van der Waals surface area contributed by atoms with Gasteiger partial charge in [-0.3, -0.25) is 0 Å². The zero-order chi connectivity index (χ0) is 8.91. The summed E-state index contributed by atoms with van der Waals surface area (Å²) in [6, 6.07) is 0.801. The van der Waals surface area contributed by atoms with Crippen LogP contribution in [0.5, 0.6) is 0 Å². The van der Waals surface area contributed by atoms with Gasteiger partial charge >= 0.3 is 0 Å². The van der Waals surface area contributed by atoms with Gasteiger partial charge in [-0.05, 0) is 6.04 Å². The number of aliphatic hydroxyl groups excluding tert-OH is 1. The summed E-state index contributed by atoms with van der Waals surface area (Å²) in [7, 11) is -0.894. The highest BCUT2D eigenvalue weighted by Gasteiger charge is 2.23. The second-order valence-electron chi connectivity index (χ2n) is 2.78. The molecule has 1 unspecified atom stereocenters. The first-order chi connectivity index (χ1) is 5.10. The third-order valence-electron chi connectivity index (χ3n) is 1.79. The molecular weight excluding hydrogens is 168 g/mol. The quantitative estimate of drug-likeness (QED) is 0.609. The summed E-state index contributed by atoms with van der Waals surface area (Å²) in [4.78, 5) is 0. The molecule has 11 heavy (non-hydrogen) atoms. The molecule has 0 aliphatic heterocycles. The lowest BCUT2D eigenvalue weighted by Gasteiger charge is -2.20. The van der Waals surface area contributed by atoms with Crippen LogP contribution in [-0.2, 0) is 0 Å². The van der Waals surface area contributed by atoms with Gasteiger partial charge in [-0.2, -0.15) is 0 Å². The van der Waals surface area contributed by atoms with E-state index in [1.54, 1.807) is 0 Å². The smallest absolute Gasteiger partial charge is 0.126 e. The first kappa shape index (κ1) is 10.6. The molecule has 0 radical (unpaired) electrons. The van der Waals surface area contributed by atoms with Crippen molar-refractivity contribution in [3.05, 3.63) is 36.8 Å². The maximum Gasteiger partial charge on any atom is 0.126 e. The van der Waals surface area contributed by atoms with Gasteiger partial charge in [0, 0.05) is 16.0 Å². The molecule has 3 heteroatoms. The average molecular weight is 184 g/mol. The molecule has 0 bridgehead atoms. The van der Waals surface area contributed by atoms with E-state index in [9.17, 15) is 5.11 Å². The Hall–Kier alpha value is -0.386. The van der Waals surface area contributed by atoms with E-state index in [4.69, 9.17) is 0 Å². The maximum atomic E-state index is 9.23. The van der Waals surface area contributed by atoms with Crippen LogP contribution in [0.25, 0.3) is 0 Å². The van der Waals surface area contributed by atoms with Crippen molar-refractivity contribution in [2.24, 2.45) is 0 Å². The lowest BCUT2D eigenvalue weighted by molar-refractivity contribution is 0.275. The van der Waals surface area contributed by atoms with E-state index >= 15 is 0 Å². The highest BCUT2D eigenvalue weighted by molar-refractivity contribution is 6.93. The largest absolute Gasteiger partial charge is 0.398 e. The van der Waals surface area contributed by atoms with Crippen LogP contribution in [-0.4, -0.2) is 29.2 Å². The molecule has 0 heterocycles. The summed E-state index contributed by atoms with van der Waals surface area (Å²) >= 11 is 0. The second-order valence-corrected chi connectivity index (χ2v) is 7.97. The Morgan fingerprint density at radius 1 is 1.27 bits per heavy atom. The molecule has 0 aromatic heterocycles. The summed E-state index contributed by atoms with van der Waals surface area (Å²) in [5.41, 5.74) is 5.58. The first-order valence-corrected chi connectivity index (χ1v) is 7.28. The van der Waals surface area contributed by atoms with Gasteiger partial charge in [0.25, 0.3) is 0 Å². The average Bonchev–Trinajstić information content (AvgIpc) is 2.00. The Bertz CT molecular complexity index is 142. The van der Waals surface area contributed by atoms with Crippen LogP contribution in [0.15, 0.2) is 36.8 Å². The molecule has 0 aliphatic rings. The van der Waals surface area contributed by atoms with E-state index in [0.29, 0.717) is 0 Å². The minimum Gasteiger partial charge on any atom is -0.398 e. The normalized spacial score (nSPS) is 13.9. The van der Waals surface area contributed by atoms with E-state index in [1.165, 1.54) is 0 Å². The van der Waals surface area contributed by atoms with E-state index in [1.807, 2.05) is 17.1 Å². The molecule has 1 nitrogen and oxygen atoms in total. The zero-order valence-electron chi connectivity index (χ0n) is 7.09. The molecular formula is C8H16OSi2. The van der Waals surface area contributed by atoms with Gasteiger partial charge in [0.2, 0.25) is 0 Å². The Morgan fingerprint density at radius 2 is 1.64 bits per heavy atom. The lowest BCUT2D eigenvalue weighted by Crippen LogP contribution is -2.32. The minimum atomic E-state index is -1.70. The van der Waals surface area contributed by atoms with E-state index < -0.39 is 8.07 Å². The number of aliphatic hydroxyl groups is 1. The van der Waals surface area contributed by atoms with Crippen LogP contribution in [0, 0.1) is 0 Å². The third-order valence-corrected chi connectivity index (χ3v) is 6.59. The Kier molecular flexibility index (Phi) is 4.33. The molecule has 0 rings (SSSR count). The van der Waals surface area contributed by atoms with Crippen LogP contribution < -0.4 is 0 Å². The second kappa shape index (κ2) is 4.48. The maximum absolute atomic E-state index is 9.23. The molecule has 0 fully saturated rings. The summed E-state index contributed by atoms with van der Waals surface area (Å²) < 4.78 is 0. The fraction of sp³-hybridized carbons (Fsp3) is 0.250. The molecule has 1 N–H and O–H groups in total. The third kappa shape index (κ3) is 3.01. The van der Waals surface area contributed by atoms with Gasteiger partial charge in [-0.1, -0.05) is 17.1 Å². The van der Waals surface area contributed by atoms with Gasteiger partial charge in [0.15, 0.2) is 0 Å². The van der Waals surface area contributed by atoms with Crippen molar-refractivity contribution >= 4 is 18.3 Å². The molecule has 0 amide bonds. The molecule has 62 valence electrons. The highest BCUT2D eigenvalue weighted by Crippen LogP contribution is 2.14. The summed E-state index contributed by atoms with van der Waals surface area (Å²) in [5.74, 6) is 0. The predicted octanol–water partition coefficient (Wildman–Crippen LogP) is 0.295. The van der Waals surface area contributed by atoms with Crippen LogP contribution in [0.3, 0.4) is 0 Å². The van der Waals surface area contributed by atoms with Crippen molar-refractivity contribution in [3.8, 4) is 0 Å². The van der Waals surface area contributed by atoms with Crippen molar-refractivity contribution in [1.29, 1.82) is 0 Å². The van der Waals surface area contributed by atoms with E-state index in [-0.39, 0.29) is 5.73 Å². The van der Waals surface area contributed by atoms with Crippen molar-refractivity contribution in [2.45, 2.75) is 11.8 Å². The standard InChI is InChI=1S/C8H16OSi2/c1-4-11(5-2,6-3)7-8(9)10/h4-6,8-9H,1-3,7H2,10H3. The minimum absolute atomic E-state index is 0.157. The van der Waals surface area contributed by atoms with Crippen molar-refractivity contribution in [3.63, 3.8) is 0 Å². The van der Waals surface area contributed by atoms with Gasteiger partial charge in [-0.25, -0.2) is 0 Å². The summed E-state index contributed by atoms with van der Waals surface area (Å²) in [6.45, 7) is 11.3. The topological polar surface area (TPSA) is 20.2 Å². The molecule has 0 aromatic carbocycles. The Labute approximate surface area is 72.6 Å². The van der Waals surface area contributed by atoms with Crippen LogP contribution in [0.4, 0.5) is 0 Å². The molecule has 0 aromatic rings. The van der Waals surface area contributed by atoms with Gasteiger partial charge in [0.05, 0.1) is 0 Å². The summed E-state index contributed by atoms with van der Waals surface area (Å²) in [5, 5.41) is 9.23. The zero-order valence-corrected chi connectivity index (χ0v) is 10.1. The van der Waals surface area contributed by atoms with Crippen molar-refractivity contribution in [2.75, 3.05) is 0 Å². The van der Waals surface area contributed by atoms with E-state index in [0.717, 1.165) is 16.3 Å². The van der Waals surface area contributed by atoms with Gasteiger partial charge < -0.3 is 5.11 Å². The Balaban J connectivity index is 4.41. The van der Waals surface area contributed by atoms with Crippen molar-refractivity contribution < 1.29 is 5.11 Å². The van der Waals surface area contributed by atoms with Crippen molar-refractivity contribution in [1.82, 2.24) is 0 Å². The van der Waals surface area contributed by atoms with E-state index in [2.05, 4.69) is 19.7 Å². The number of hydrogen-bond donors (Lipinski definition) is 1. The van der Waals surface area contributed by atoms with Crippen LogP contribution in [0.2, 0.25) is 6.04 Å². The number of rotatable bonds is 5. The molecule has 0 spiro atoms. The lowest BCUT2D eigenvalue weighted by atomic mass is 10.8. The summed E-state index contributed by atoms with van der Waals surface area (Å²) in [6.07, 6.45) is 0. The van der Waals surface area contributed by atoms with Gasteiger partial charge in [0.1, 0.15) is 8.07 Å². The van der Waals surface area contributed by atoms with Crippen LogP contribution in [0.1, 0.15) is 0 Å². The number of hydrogen-bond acceptors (Lipinski definition) is 1. The predicted molar refractivity (Wildman–Crippen MR) is 57.1 cm³/mol. The molecule has 0 saturated heterocycles. The fourth-order valence-electron chi connectivity index (χ4n) is 1.01. The highest BCUT2D eigenvalue weighted by atomic mass is 28.3. The molecule has 0 aliphatic carbocycles. The molecule has 0 saturated carbocycles. The van der Waals surface area contributed by atoms with Crippen LogP contribution >= 0.6 is 0 Å². The molecule has 1 atom stereocenters. The SMILES string of the molecule is C=C[Si](C=C)(C=C)CC(O)[SiH3]. The Morgan fingerprint density at radius 3 is 1.73 bits per heavy atom.